The number of piperazine rings is 1. The average Bonchev–Trinajstić information content (AvgIpc) is 3.57. The molecule has 2 aromatic heterocycles. The molecule has 4 heterocycles. The molecule has 0 spiro atoms. The summed E-state index contributed by atoms with van der Waals surface area (Å²) in [5.74, 6) is 1.43. The minimum absolute atomic E-state index is 0.0113. The minimum Gasteiger partial charge on any atom is -0.467 e. The van der Waals surface area contributed by atoms with Gasteiger partial charge in [0, 0.05) is 43.9 Å². The molecule has 1 fully saturated rings. The lowest BCUT2D eigenvalue weighted by molar-refractivity contribution is -0.138. The average molecular weight is 449 g/mol. The standard InChI is InChI=1S/C25H28N4O4/c1-17(2)25(31)28-11-9-27(10-12-28)16-24(30)29-20(22-8-5-13-32-22)15-19(26-29)23-14-18-6-3-4-7-21(18)33-23/h3-8,13-14,17,20H,9-12,15-16H2,1-2H3. The number of furan rings is 2. The summed E-state index contributed by atoms with van der Waals surface area (Å²) in [5, 5.41) is 7.22. The molecule has 33 heavy (non-hydrogen) atoms. The SMILES string of the molecule is CC(C)C(=O)N1CCN(CC(=O)N2N=C(c3cc4ccccc4o3)CC2c2ccco2)CC1. The smallest absolute Gasteiger partial charge is 0.257 e. The summed E-state index contributed by atoms with van der Waals surface area (Å²) in [6.45, 7) is 6.69. The fourth-order valence-corrected chi connectivity index (χ4v) is 4.47. The van der Waals surface area contributed by atoms with Gasteiger partial charge in [0.25, 0.3) is 5.91 Å². The number of hydrogen-bond donors (Lipinski definition) is 0. The van der Waals surface area contributed by atoms with Crippen molar-refractivity contribution in [1.82, 2.24) is 14.8 Å². The van der Waals surface area contributed by atoms with Crippen molar-refractivity contribution in [2.45, 2.75) is 26.3 Å². The van der Waals surface area contributed by atoms with Crippen molar-refractivity contribution in [2.24, 2.45) is 11.0 Å². The number of carbonyl (C=O) groups excluding carboxylic acids is 2. The van der Waals surface area contributed by atoms with Crippen molar-refractivity contribution in [3.8, 4) is 0 Å². The van der Waals surface area contributed by atoms with Crippen LogP contribution in [0.1, 0.15) is 37.8 Å². The van der Waals surface area contributed by atoms with Crippen LogP contribution in [0.15, 0.2) is 62.7 Å². The maximum absolute atomic E-state index is 13.3. The number of amides is 2. The Morgan fingerprint density at radius 1 is 1.09 bits per heavy atom. The van der Waals surface area contributed by atoms with Gasteiger partial charge in [-0.05, 0) is 24.3 Å². The van der Waals surface area contributed by atoms with Crippen molar-refractivity contribution in [1.29, 1.82) is 0 Å². The summed E-state index contributed by atoms with van der Waals surface area (Å²) in [7, 11) is 0. The van der Waals surface area contributed by atoms with Gasteiger partial charge in [-0.25, -0.2) is 5.01 Å². The second-order valence-corrected chi connectivity index (χ2v) is 8.92. The quantitative estimate of drug-likeness (QED) is 0.597. The van der Waals surface area contributed by atoms with Crippen molar-refractivity contribution in [3.63, 3.8) is 0 Å². The maximum Gasteiger partial charge on any atom is 0.257 e. The highest BCUT2D eigenvalue weighted by atomic mass is 16.3. The highest BCUT2D eigenvalue weighted by Crippen LogP contribution is 2.34. The highest BCUT2D eigenvalue weighted by Gasteiger charge is 2.37. The molecule has 1 saturated heterocycles. The van der Waals surface area contributed by atoms with Crippen molar-refractivity contribution >= 4 is 28.5 Å². The number of benzene rings is 1. The highest BCUT2D eigenvalue weighted by molar-refractivity contribution is 6.03. The first-order valence-corrected chi connectivity index (χ1v) is 11.4. The fourth-order valence-electron chi connectivity index (χ4n) is 4.47. The van der Waals surface area contributed by atoms with E-state index in [1.54, 1.807) is 6.26 Å². The summed E-state index contributed by atoms with van der Waals surface area (Å²) >= 11 is 0. The van der Waals surface area contributed by atoms with E-state index in [0.29, 0.717) is 44.1 Å². The lowest BCUT2D eigenvalue weighted by Crippen LogP contribution is -2.52. The number of hydrogen-bond acceptors (Lipinski definition) is 6. The van der Waals surface area contributed by atoms with E-state index in [1.165, 1.54) is 5.01 Å². The lowest BCUT2D eigenvalue weighted by atomic mass is 10.1. The van der Waals surface area contributed by atoms with Crippen LogP contribution >= 0.6 is 0 Å². The first-order chi connectivity index (χ1) is 16.0. The Kier molecular flexibility index (Phi) is 5.76. The summed E-state index contributed by atoms with van der Waals surface area (Å²) < 4.78 is 11.6. The molecule has 0 aliphatic carbocycles. The zero-order valence-electron chi connectivity index (χ0n) is 18.9. The van der Waals surface area contributed by atoms with E-state index in [4.69, 9.17) is 8.83 Å². The molecule has 1 unspecified atom stereocenters. The Morgan fingerprint density at radius 2 is 1.88 bits per heavy atom. The predicted octanol–water partition coefficient (Wildman–Crippen LogP) is 3.50. The minimum atomic E-state index is -0.306. The van der Waals surface area contributed by atoms with Crippen LogP contribution in [0.2, 0.25) is 0 Å². The van der Waals surface area contributed by atoms with Gasteiger partial charge in [0.15, 0.2) is 5.76 Å². The molecular formula is C25H28N4O4. The molecule has 3 aromatic rings. The molecule has 0 saturated carbocycles. The third kappa shape index (κ3) is 4.30. The van der Waals surface area contributed by atoms with Crippen LogP contribution < -0.4 is 0 Å². The van der Waals surface area contributed by atoms with Gasteiger partial charge in [-0.15, -0.1) is 0 Å². The van der Waals surface area contributed by atoms with Crippen molar-refractivity contribution in [2.75, 3.05) is 32.7 Å². The zero-order valence-corrected chi connectivity index (χ0v) is 18.9. The third-order valence-electron chi connectivity index (χ3n) is 6.28. The molecule has 172 valence electrons. The normalized spacial score (nSPS) is 19.5. The van der Waals surface area contributed by atoms with Gasteiger partial charge >= 0.3 is 0 Å². The molecule has 0 N–H and O–H groups in total. The molecular weight excluding hydrogens is 420 g/mol. The van der Waals surface area contributed by atoms with Crippen LogP contribution in [0.3, 0.4) is 0 Å². The Morgan fingerprint density at radius 3 is 2.58 bits per heavy atom. The molecule has 8 heteroatoms. The number of nitrogens with zero attached hydrogens (tertiary/aromatic N) is 4. The van der Waals surface area contributed by atoms with E-state index in [9.17, 15) is 9.59 Å². The topological polar surface area (TPSA) is 82.5 Å². The first-order valence-electron chi connectivity index (χ1n) is 11.4. The Bertz CT molecular complexity index is 1140. The number of rotatable bonds is 5. The van der Waals surface area contributed by atoms with Crippen molar-refractivity contribution in [3.05, 3.63) is 60.2 Å². The van der Waals surface area contributed by atoms with Gasteiger partial charge in [-0.2, -0.15) is 5.10 Å². The molecule has 0 bridgehead atoms. The van der Waals surface area contributed by atoms with Crippen molar-refractivity contribution < 1.29 is 18.4 Å². The van der Waals surface area contributed by atoms with Gasteiger partial charge in [-0.3, -0.25) is 14.5 Å². The molecule has 2 amide bonds. The molecule has 0 radical (unpaired) electrons. The second-order valence-electron chi connectivity index (χ2n) is 8.92. The zero-order chi connectivity index (χ0) is 22.9. The third-order valence-corrected chi connectivity index (χ3v) is 6.28. The van der Waals surface area contributed by atoms with Crippen LogP contribution in [-0.2, 0) is 9.59 Å². The molecule has 2 aliphatic heterocycles. The second kappa shape index (κ2) is 8.86. The van der Waals surface area contributed by atoms with Crippen LogP contribution in [-0.4, -0.2) is 65.1 Å². The molecule has 8 nitrogen and oxygen atoms in total. The number of fused-ring (bicyclic) bond motifs is 1. The van der Waals surface area contributed by atoms with E-state index in [0.717, 1.165) is 16.7 Å². The van der Waals surface area contributed by atoms with Gasteiger partial charge in [-0.1, -0.05) is 32.0 Å². The Hall–Kier alpha value is -3.39. The van der Waals surface area contributed by atoms with Gasteiger partial charge in [0.05, 0.1) is 12.8 Å². The summed E-state index contributed by atoms with van der Waals surface area (Å²) in [4.78, 5) is 29.5. The molecule has 2 aliphatic rings. The van der Waals surface area contributed by atoms with Gasteiger partial charge in [0.2, 0.25) is 5.91 Å². The summed E-state index contributed by atoms with van der Waals surface area (Å²) in [5.41, 5.74) is 1.52. The monoisotopic (exact) mass is 448 g/mol. The number of para-hydroxylation sites is 1. The first kappa shape index (κ1) is 21.5. The summed E-state index contributed by atoms with van der Waals surface area (Å²) in [6.07, 6.45) is 2.14. The van der Waals surface area contributed by atoms with Crippen LogP contribution in [0.25, 0.3) is 11.0 Å². The maximum atomic E-state index is 13.3. The largest absolute Gasteiger partial charge is 0.467 e. The lowest BCUT2D eigenvalue weighted by Gasteiger charge is -2.35. The van der Waals surface area contributed by atoms with Gasteiger partial charge in [0.1, 0.15) is 23.1 Å². The van der Waals surface area contributed by atoms with E-state index >= 15 is 0 Å². The Labute approximate surface area is 192 Å². The summed E-state index contributed by atoms with van der Waals surface area (Å²) in [6, 6.07) is 13.2. The predicted molar refractivity (Wildman–Crippen MR) is 124 cm³/mol. The number of hydrazone groups is 1. The molecule has 1 aromatic carbocycles. The van der Waals surface area contributed by atoms with Gasteiger partial charge < -0.3 is 13.7 Å². The van der Waals surface area contributed by atoms with Crippen LogP contribution in [0.4, 0.5) is 0 Å². The van der Waals surface area contributed by atoms with Crippen LogP contribution in [0, 0.1) is 5.92 Å². The van der Waals surface area contributed by atoms with E-state index in [2.05, 4.69) is 10.0 Å². The molecule has 5 rings (SSSR count). The van der Waals surface area contributed by atoms with E-state index in [-0.39, 0.29) is 30.3 Å². The Balaban J connectivity index is 1.32. The fraction of sp³-hybridized carbons (Fsp3) is 0.400. The number of carbonyl (C=O) groups is 2. The van der Waals surface area contributed by atoms with E-state index in [1.807, 2.05) is 61.2 Å². The van der Waals surface area contributed by atoms with Crippen LogP contribution in [0.5, 0.6) is 0 Å². The van der Waals surface area contributed by atoms with E-state index < -0.39 is 0 Å². The molecule has 1 atom stereocenters.